The second-order valence-corrected chi connectivity index (χ2v) is 8.48. The first-order valence-corrected chi connectivity index (χ1v) is 10.1. The molecule has 0 aliphatic rings. The lowest BCUT2D eigenvalue weighted by Gasteiger charge is -2.10. The Labute approximate surface area is 153 Å². The smallest absolute Gasteiger partial charge is 0.252 e. The number of pyridine rings is 1. The molecule has 0 radical (unpaired) electrons. The van der Waals surface area contributed by atoms with Crippen LogP contribution in [0.3, 0.4) is 0 Å². The van der Waals surface area contributed by atoms with Crippen molar-refractivity contribution >= 4 is 20.9 Å². The van der Waals surface area contributed by atoms with E-state index in [0.29, 0.717) is 5.56 Å². The Morgan fingerprint density at radius 2 is 1.69 bits per heavy atom. The lowest BCUT2D eigenvalue weighted by molar-refractivity contribution is 0.580. The molecule has 2 aromatic carbocycles. The highest BCUT2D eigenvalue weighted by molar-refractivity contribution is 7.88. The molecular weight excluding hydrogens is 348 g/mol. The molecule has 3 rings (SSSR count). The lowest BCUT2D eigenvalue weighted by Crippen LogP contribution is -2.28. The summed E-state index contributed by atoms with van der Waals surface area (Å²) in [6.45, 7) is 5.79. The molecule has 0 unspecified atom stereocenters. The Morgan fingerprint density at radius 3 is 2.42 bits per heavy atom. The van der Waals surface area contributed by atoms with Gasteiger partial charge in [-0.2, -0.15) is 0 Å². The van der Waals surface area contributed by atoms with Crippen molar-refractivity contribution < 1.29 is 8.42 Å². The van der Waals surface area contributed by atoms with E-state index in [1.54, 1.807) is 12.1 Å². The summed E-state index contributed by atoms with van der Waals surface area (Å²) in [4.78, 5) is 15.1. The first kappa shape index (κ1) is 18.4. The monoisotopic (exact) mass is 370 g/mol. The highest BCUT2D eigenvalue weighted by atomic mass is 32.2. The third-order valence-corrected chi connectivity index (χ3v) is 5.75. The molecule has 0 saturated heterocycles. The maximum absolute atomic E-state index is 12.4. The molecule has 0 atom stereocenters. The van der Waals surface area contributed by atoms with Crippen LogP contribution in [-0.2, 0) is 22.3 Å². The molecule has 26 heavy (non-hydrogen) atoms. The Kier molecular flexibility index (Phi) is 4.98. The standard InChI is InChI=1S/C20H22N2O3S/c1-13-8-15(3)18-10-17(20(23)22-19(18)9-13)11-21-26(24,25)12-16-7-5-4-6-14(16)2/h4-10,21H,11-12H2,1-3H3,(H,22,23). The van der Waals surface area contributed by atoms with Gasteiger partial charge in [-0.05, 0) is 55.2 Å². The Balaban J connectivity index is 1.84. The number of fused-ring (bicyclic) bond motifs is 1. The fourth-order valence-corrected chi connectivity index (χ4v) is 4.27. The van der Waals surface area contributed by atoms with Crippen LogP contribution in [0.4, 0.5) is 0 Å². The number of sulfonamides is 1. The van der Waals surface area contributed by atoms with Crippen LogP contribution in [-0.4, -0.2) is 13.4 Å². The molecule has 5 nitrogen and oxygen atoms in total. The predicted molar refractivity (Wildman–Crippen MR) is 105 cm³/mol. The van der Waals surface area contributed by atoms with Crippen molar-refractivity contribution in [1.29, 1.82) is 0 Å². The summed E-state index contributed by atoms with van der Waals surface area (Å²) in [5.41, 5.74) is 4.67. The van der Waals surface area contributed by atoms with Crippen LogP contribution in [0.5, 0.6) is 0 Å². The van der Waals surface area contributed by atoms with Crippen LogP contribution in [0.2, 0.25) is 0 Å². The van der Waals surface area contributed by atoms with Crippen molar-refractivity contribution in [2.45, 2.75) is 33.1 Å². The van der Waals surface area contributed by atoms with Crippen LogP contribution in [0.25, 0.3) is 10.9 Å². The van der Waals surface area contributed by atoms with Gasteiger partial charge in [0.2, 0.25) is 10.0 Å². The average molecular weight is 370 g/mol. The average Bonchev–Trinajstić information content (AvgIpc) is 2.55. The number of nitrogens with one attached hydrogen (secondary N) is 2. The fraction of sp³-hybridized carbons (Fsp3) is 0.250. The van der Waals surface area contributed by atoms with E-state index in [-0.39, 0.29) is 17.9 Å². The summed E-state index contributed by atoms with van der Waals surface area (Å²) >= 11 is 0. The van der Waals surface area contributed by atoms with Crippen LogP contribution >= 0.6 is 0 Å². The Hall–Kier alpha value is -2.44. The van der Waals surface area contributed by atoms with Crippen LogP contribution in [0.1, 0.15) is 27.8 Å². The highest BCUT2D eigenvalue weighted by Gasteiger charge is 2.14. The summed E-state index contributed by atoms with van der Waals surface area (Å²) in [5, 5.41) is 0.920. The van der Waals surface area contributed by atoms with Crippen molar-refractivity contribution in [1.82, 2.24) is 9.71 Å². The van der Waals surface area contributed by atoms with Gasteiger partial charge >= 0.3 is 0 Å². The van der Waals surface area contributed by atoms with Gasteiger partial charge < -0.3 is 4.98 Å². The van der Waals surface area contributed by atoms with E-state index < -0.39 is 10.0 Å². The van der Waals surface area contributed by atoms with Crippen molar-refractivity contribution in [3.05, 3.63) is 80.6 Å². The summed E-state index contributed by atoms with van der Waals surface area (Å²) in [7, 11) is -3.54. The molecule has 0 saturated carbocycles. The van der Waals surface area contributed by atoms with Gasteiger partial charge in [-0.25, -0.2) is 13.1 Å². The second-order valence-electron chi connectivity index (χ2n) is 6.67. The summed E-state index contributed by atoms with van der Waals surface area (Å²) in [6, 6.07) is 13.1. The molecule has 136 valence electrons. The number of hydrogen-bond acceptors (Lipinski definition) is 3. The van der Waals surface area contributed by atoms with Crippen LogP contribution in [0.15, 0.2) is 47.3 Å². The highest BCUT2D eigenvalue weighted by Crippen LogP contribution is 2.18. The number of aromatic amines is 1. The number of rotatable bonds is 5. The first-order valence-electron chi connectivity index (χ1n) is 8.40. The van der Waals surface area contributed by atoms with Gasteiger partial charge in [0.25, 0.3) is 5.56 Å². The van der Waals surface area contributed by atoms with E-state index in [1.165, 1.54) is 0 Å². The van der Waals surface area contributed by atoms with E-state index in [2.05, 4.69) is 9.71 Å². The predicted octanol–water partition coefficient (Wildman–Crippen LogP) is 3.07. The van der Waals surface area contributed by atoms with Crippen molar-refractivity contribution in [2.24, 2.45) is 0 Å². The number of H-pyrrole nitrogens is 1. The minimum Gasteiger partial charge on any atom is -0.322 e. The minimum atomic E-state index is -3.54. The van der Waals surface area contributed by atoms with Gasteiger partial charge in [0, 0.05) is 23.0 Å². The first-order chi connectivity index (χ1) is 12.2. The molecule has 2 N–H and O–H groups in total. The minimum absolute atomic E-state index is 0.0349. The summed E-state index contributed by atoms with van der Waals surface area (Å²) in [5.74, 6) is -0.108. The van der Waals surface area contributed by atoms with Gasteiger partial charge in [-0.1, -0.05) is 30.3 Å². The van der Waals surface area contributed by atoms with Crippen LogP contribution < -0.4 is 10.3 Å². The number of hydrogen-bond donors (Lipinski definition) is 2. The molecule has 1 aromatic heterocycles. The zero-order chi connectivity index (χ0) is 18.9. The zero-order valence-electron chi connectivity index (χ0n) is 15.1. The van der Waals surface area contributed by atoms with Crippen molar-refractivity contribution in [2.75, 3.05) is 0 Å². The third-order valence-electron chi connectivity index (χ3n) is 4.48. The van der Waals surface area contributed by atoms with E-state index in [9.17, 15) is 13.2 Å². The number of aromatic nitrogens is 1. The van der Waals surface area contributed by atoms with Crippen molar-refractivity contribution in [3.63, 3.8) is 0 Å². The molecule has 0 spiro atoms. The van der Waals surface area contributed by atoms with Gasteiger partial charge in [0.05, 0.1) is 5.75 Å². The second kappa shape index (κ2) is 7.05. The molecule has 0 amide bonds. The molecule has 0 bridgehead atoms. The lowest BCUT2D eigenvalue weighted by atomic mass is 10.0. The topological polar surface area (TPSA) is 79.0 Å². The molecule has 1 heterocycles. The molecule has 6 heteroatoms. The van der Waals surface area contributed by atoms with E-state index >= 15 is 0 Å². The SMILES string of the molecule is Cc1cc(C)c2cc(CNS(=O)(=O)Cc3ccccc3C)c(=O)[nH]c2c1. The molecule has 0 aliphatic carbocycles. The molecular formula is C20H22N2O3S. The number of benzene rings is 2. The summed E-state index contributed by atoms with van der Waals surface area (Å²) < 4.78 is 27.3. The van der Waals surface area contributed by atoms with Crippen LogP contribution in [0, 0.1) is 20.8 Å². The normalized spacial score (nSPS) is 11.8. The number of aryl methyl sites for hydroxylation is 3. The largest absolute Gasteiger partial charge is 0.322 e. The Bertz CT molecular complexity index is 1130. The summed E-state index contributed by atoms with van der Waals surface area (Å²) in [6.07, 6.45) is 0. The van der Waals surface area contributed by atoms with Gasteiger partial charge in [0.15, 0.2) is 0 Å². The van der Waals surface area contributed by atoms with Gasteiger partial charge in [-0.3, -0.25) is 4.79 Å². The molecule has 3 aromatic rings. The Morgan fingerprint density at radius 1 is 0.962 bits per heavy atom. The van der Waals surface area contributed by atoms with Gasteiger partial charge in [0.1, 0.15) is 0 Å². The van der Waals surface area contributed by atoms with Crippen molar-refractivity contribution in [3.8, 4) is 0 Å². The van der Waals surface area contributed by atoms with Gasteiger partial charge in [-0.15, -0.1) is 0 Å². The van der Waals surface area contributed by atoms with E-state index in [1.807, 2.05) is 51.1 Å². The van der Waals surface area contributed by atoms with E-state index in [0.717, 1.165) is 33.2 Å². The quantitative estimate of drug-likeness (QED) is 0.724. The fourth-order valence-electron chi connectivity index (χ4n) is 3.06. The maximum Gasteiger partial charge on any atom is 0.252 e. The van der Waals surface area contributed by atoms with E-state index in [4.69, 9.17) is 0 Å². The molecule has 0 aliphatic heterocycles. The molecule has 0 fully saturated rings. The third kappa shape index (κ3) is 4.03. The zero-order valence-corrected chi connectivity index (χ0v) is 15.9. The maximum atomic E-state index is 12.4.